The Morgan fingerprint density at radius 3 is 2.72 bits per heavy atom. The molecule has 1 amide bonds. The van der Waals surface area contributed by atoms with Gasteiger partial charge in [0.2, 0.25) is 0 Å². The Kier molecular flexibility index (Phi) is 6.02. The van der Waals surface area contributed by atoms with E-state index in [4.69, 9.17) is 4.74 Å². The van der Waals surface area contributed by atoms with Crippen molar-refractivity contribution in [3.63, 3.8) is 0 Å². The van der Waals surface area contributed by atoms with Crippen molar-refractivity contribution >= 4 is 11.6 Å². The number of aliphatic hydroxyl groups excluding tert-OH is 1. The number of ether oxygens (including phenoxy) is 1. The van der Waals surface area contributed by atoms with Crippen molar-refractivity contribution in [3.8, 4) is 5.75 Å². The average molecular weight is 348 g/mol. The molecule has 0 saturated heterocycles. The number of hydrogen-bond acceptors (Lipinski definition) is 5. The standard InChI is InChI=1S/C17H17FN2O5/c1-2-25-15-8-4-7-13(20(23)24)16(15)17(22)19-10-14(21)11-5-3-6-12(18)9-11/h3-9,14,21H,2,10H2,1H3,(H,19,22)/t14-/m1/s1. The van der Waals surface area contributed by atoms with Gasteiger partial charge in [-0.25, -0.2) is 4.39 Å². The number of hydrogen-bond donors (Lipinski definition) is 2. The van der Waals surface area contributed by atoms with Crippen molar-refractivity contribution in [3.05, 3.63) is 69.5 Å². The Hall–Kier alpha value is -3.00. The van der Waals surface area contributed by atoms with E-state index >= 15 is 0 Å². The van der Waals surface area contributed by atoms with E-state index < -0.39 is 28.4 Å². The van der Waals surface area contributed by atoms with Crippen LogP contribution < -0.4 is 10.1 Å². The largest absolute Gasteiger partial charge is 0.493 e. The minimum absolute atomic E-state index is 0.0782. The molecule has 0 aliphatic rings. The van der Waals surface area contributed by atoms with E-state index in [0.717, 1.165) is 6.07 Å². The van der Waals surface area contributed by atoms with Crippen LogP contribution in [-0.4, -0.2) is 29.1 Å². The van der Waals surface area contributed by atoms with Crippen LogP contribution in [0, 0.1) is 15.9 Å². The fourth-order valence-electron chi connectivity index (χ4n) is 2.29. The van der Waals surface area contributed by atoms with E-state index in [0.29, 0.717) is 0 Å². The molecule has 2 N–H and O–H groups in total. The summed E-state index contributed by atoms with van der Waals surface area (Å²) in [5.74, 6) is -1.19. The van der Waals surface area contributed by atoms with Gasteiger partial charge in [-0.3, -0.25) is 14.9 Å². The Balaban J connectivity index is 2.19. The molecule has 2 aromatic carbocycles. The molecule has 0 saturated carbocycles. The van der Waals surface area contributed by atoms with E-state index in [1.807, 2.05) is 0 Å². The average Bonchev–Trinajstić information content (AvgIpc) is 2.59. The predicted molar refractivity (Wildman–Crippen MR) is 88.0 cm³/mol. The molecule has 25 heavy (non-hydrogen) atoms. The fraction of sp³-hybridized carbons (Fsp3) is 0.235. The third-order valence-corrected chi connectivity index (χ3v) is 3.42. The third kappa shape index (κ3) is 4.51. The lowest BCUT2D eigenvalue weighted by molar-refractivity contribution is -0.385. The van der Waals surface area contributed by atoms with Crippen LogP contribution in [0.1, 0.15) is 28.9 Å². The molecule has 7 nitrogen and oxygen atoms in total. The van der Waals surface area contributed by atoms with Crippen LogP contribution in [0.4, 0.5) is 10.1 Å². The molecule has 0 spiro atoms. The SMILES string of the molecule is CCOc1cccc([N+](=O)[O-])c1C(=O)NC[C@@H](O)c1cccc(F)c1. The topological polar surface area (TPSA) is 102 Å². The summed E-state index contributed by atoms with van der Waals surface area (Å²) in [7, 11) is 0. The summed E-state index contributed by atoms with van der Waals surface area (Å²) >= 11 is 0. The summed E-state index contributed by atoms with van der Waals surface area (Å²) in [5, 5.41) is 23.6. The number of rotatable bonds is 7. The molecule has 0 aliphatic heterocycles. The van der Waals surface area contributed by atoms with Crippen LogP contribution in [0.5, 0.6) is 5.75 Å². The Bertz CT molecular complexity index is 781. The Morgan fingerprint density at radius 2 is 2.08 bits per heavy atom. The van der Waals surface area contributed by atoms with Gasteiger partial charge in [0, 0.05) is 12.6 Å². The first-order valence-electron chi connectivity index (χ1n) is 7.56. The Labute approximate surface area is 143 Å². The highest BCUT2D eigenvalue weighted by molar-refractivity contribution is 6.00. The molecule has 2 aromatic rings. The molecular formula is C17H17FN2O5. The summed E-state index contributed by atoms with van der Waals surface area (Å²) in [6, 6.07) is 9.39. The molecule has 0 aromatic heterocycles. The number of nitrogens with one attached hydrogen (secondary N) is 1. The zero-order valence-electron chi connectivity index (χ0n) is 13.4. The molecule has 1 atom stereocenters. The lowest BCUT2D eigenvalue weighted by Crippen LogP contribution is -2.29. The number of nitrogens with zero attached hydrogens (tertiary/aromatic N) is 1. The van der Waals surface area contributed by atoms with Crippen molar-refractivity contribution in [2.45, 2.75) is 13.0 Å². The number of aliphatic hydroxyl groups is 1. The van der Waals surface area contributed by atoms with Gasteiger partial charge in [0.1, 0.15) is 11.6 Å². The second kappa shape index (κ2) is 8.20. The van der Waals surface area contributed by atoms with Crippen LogP contribution in [0.25, 0.3) is 0 Å². The number of carbonyl (C=O) groups is 1. The highest BCUT2D eigenvalue weighted by Crippen LogP contribution is 2.28. The minimum Gasteiger partial charge on any atom is -0.493 e. The molecule has 0 bridgehead atoms. The van der Waals surface area contributed by atoms with Crippen molar-refractivity contribution in [1.29, 1.82) is 0 Å². The highest BCUT2D eigenvalue weighted by atomic mass is 19.1. The summed E-state index contributed by atoms with van der Waals surface area (Å²) in [4.78, 5) is 22.9. The zero-order chi connectivity index (χ0) is 18.4. The lowest BCUT2D eigenvalue weighted by atomic mass is 10.1. The summed E-state index contributed by atoms with van der Waals surface area (Å²) < 4.78 is 18.5. The number of benzene rings is 2. The van der Waals surface area contributed by atoms with Gasteiger partial charge in [-0.05, 0) is 30.7 Å². The van der Waals surface area contributed by atoms with Gasteiger partial charge in [-0.15, -0.1) is 0 Å². The van der Waals surface area contributed by atoms with E-state index in [9.17, 15) is 24.4 Å². The summed E-state index contributed by atoms with van der Waals surface area (Å²) in [6.45, 7) is 1.68. The van der Waals surface area contributed by atoms with Crippen LogP contribution >= 0.6 is 0 Å². The first-order valence-corrected chi connectivity index (χ1v) is 7.56. The normalized spacial score (nSPS) is 11.6. The molecular weight excluding hydrogens is 331 g/mol. The monoisotopic (exact) mass is 348 g/mol. The number of carbonyl (C=O) groups excluding carboxylic acids is 1. The van der Waals surface area contributed by atoms with E-state index in [1.165, 1.54) is 36.4 Å². The highest BCUT2D eigenvalue weighted by Gasteiger charge is 2.25. The second-order valence-corrected chi connectivity index (χ2v) is 5.12. The molecule has 0 unspecified atom stereocenters. The molecule has 2 rings (SSSR count). The Morgan fingerprint density at radius 1 is 1.36 bits per heavy atom. The van der Waals surface area contributed by atoms with Crippen LogP contribution in [0.2, 0.25) is 0 Å². The lowest BCUT2D eigenvalue weighted by Gasteiger charge is -2.14. The molecule has 132 valence electrons. The quantitative estimate of drug-likeness (QED) is 0.591. The van der Waals surface area contributed by atoms with Gasteiger partial charge < -0.3 is 15.2 Å². The van der Waals surface area contributed by atoms with Crippen molar-refractivity contribution < 1.29 is 24.0 Å². The fourth-order valence-corrected chi connectivity index (χ4v) is 2.29. The molecule has 0 heterocycles. The molecule has 0 aliphatic carbocycles. The van der Waals surface area contributed by atoms with Gasteiger partial charge in [0.05, 0.1) is 17.6 Å². The summed E-state index contributed by atoms with van der Waals surface area (Å²) in [5.41, 5.74) is -0.336. The van der Waals surface area contributed by atoms with Crippen molar-refractivity contribution in [1.82, 2.24) is 5.32 Å². The van der Waals surface area contributed by atoms with Gasteiger partial charge >= 0.3 is 0 Å². The van der Waals surface area contributed by atoms with Gasteiger partial charge in [-0.1, -0.05) is 18.2 Å². The maximum absolute atomic E-state index is 13.2. The third-order valence-electron chi connectivity index (χ3n) is 3.42. The smallest absolute Gasteiger partial charge is 0.285 e. The number of nitro benzene ring substituents is 1. The molecule has 8 heteroatoms. The van der Waals surface area contributed by atoms with E-state index in [-0.39, 0.29) is 30.0 Å². The number of nitro groups is 1. The number of amides is 1. The maximum atomic E-state index is 13.2. The minimum atomic E-state index is -1.15. The molecule has 0 fully saturated rings. The van der Waals surface area contributed by atoms with Gasteiger partial charge in [0.15, 0.2) is 5.56 Å². The molecule has 0 radical (unpaired) electrons. The predicted octanol–water partition coefficient (Wildman–Crippen LogP) is 2.60. The zero-order valence-corrected chi connectivity index (χ0v) is 13.4. The van der Waals surface area contributed by atoms with Crippen molar-refractivity contribution in [2.75, 3.05) is 13.2 Å². The first kappa shape index (κ1) is 18.3. The van der Waals surface area contributed by atoms with Crippen LogP contribution in [0.15, 0.2) is 42.5 Å². The van der Waals surface area contributed by atoms with Crippen LogP contribution in [0.3, 0.4) is 0 Å². The number of halogens is 1. The van der Waals surface area contributed by atoms with E-state index in [1.54, 1.807) is 6.92 Å². The summed E-state index contributed by atoms with van der Waals surface area (Å²) in [6.07, 6.45) is -1.15. The first-order chi connectivity index (χ1) is 11.9. The second-order valence-electron chi connectivity index (χ2n) is 5.12. The maximum Gasteiger partial charge on any atom is 0.285 e. The van der Waals surface area contributed by atoms with Gasteiger partial charge in [-0.2, -0.15) is 0 Å². The van der Waals surface area contributed by atoms with Crippen LogP contribution in [-0.2, 0) is 0 Å². The van der Waals surface area contributed by atoms with Gasteiger partial charge in [0.25, 0.3) is 11.6 Å². The van der Waals surface area contributed by atoms with Crippen molar-refractivity contribution in [2.24, 2.45) is 0 Å². The van der Waals surface area contributed by atoms with E-state index in [2.05, 4.69) is 5.32 Å².